The van der Waals surface area contributed by atoms with Gasteiger partial charge in [0.05, 0.1) is 28.7 Å². The Kier molecular flexibility index (Phi) is 1.70. The molecule has 0 aromatic carbocycles. The van der Waals surface area contributed by atoms with Gasteiger partial charge in [0.1, 0.15) is 6.07 Å². The van der Waals surface area contributed by atoms with Crippen LogP contribution in [0, 0.1) is 11.3 Å². The molecule has 1 aromatic heterocycles. The standard InChI is InChI=1S/C10H6N4S/c11-3-10-13-5-7-4-12-6-9-8(14(7)10)1-2-15-9/h1-2,4-6,10H. The van der Waals surface area contributed by atoms with Crippen LogP contribution in [0.2, 0.25) is 0 Å². The molecule has 15 heavy (non-hydrogen) atoms. The van der Waals surface area contributed by atoms with E-state index in [2.05, 4.69) is 16.1 Å². The molecule has 0 N–H and O–H groups in total. The Balaban J connectivity index is 2.18. The molecule has 3 heterocycles. The van der Waals surface area contributed by atoms with Gasteiger partial charge in [-0.3, -0.25) is 9.98 Å². The minimum absolute atomic E-state index is 0.453. The lowest BCUT2D eigenvalue weighted by atomic mass is 10.3. The first-order chi connectivity index (χ1) is 7.40. The molecule has 0 fully saturated rings. The van der Waals surface area contributed by atoms with Gasteiger partial charge in [0.2, 0.25) is 6.17 Å². The van der Waals surface area contributed by atoms with Crippen LogP contribution in [0.15, 0.2) is 33.3 Å². The van der Waals surface area contributed by atoms with E-state index in [4.69, 9.17) is 5.26 Å². The Morgan fingerprint density at radius 2 is 2.40 bits per heavy atom. The average Bonchev–Trinajstić information content (AvgIpc) is 2.82. The number of hydrogen-bond acceptors (Lipinski definition) is 5. The second-order valence-electron chi connectivity index (χ2n) is 3.15. The van der Waals surface area contributed by atoms with Gasteiger partial charge >= 0.3 is 0 Å². The second kappa shape index (κ2) is 3.04. The van der Waals surface area contributed by atoms with Crippen LogP contribution in [0.25, 0.3) is 0 Å². The molecule has 0 spiro atoms. The number of rotatable bonds is 0. The minimum Gasteiger partial charge on any atom is -0.302 e. The second-order valence-corrected chi connectivity index (χ2v) is 4.10. The van der Waals surface area contributed by atoms with Gasteiger partial charge in [0, 0.05) is 6.21 Å². The van der Waals surface area contributed by atoms with Crippen LogP contribution in [0.1, 0.15) is 4.88 Å². The molecule has 2 aliphatic heterocycles. The van der Waals surface area contributed by atoms with Gasteiger partial charge in [-0.05, 0) is 11.4 Å². The highest BCUT2D eigenvalue weighted by atomic mass is 32.1. The molecule has 72 valence electrons. The van der Waals surface area contributed by atoms with E-state index in [9.17, 15) is 0 Å². The maximum absolute atomic E-state index is 8.99. The highest BCUT2D eigenvalue weighted by Crippen LogP contribution is 2.33. The summed E-state index contributed by atoms with van der Waals surface area (Å²) >= 11 is 1.61. The monoisotopic (exact) mass is 214 g/mol. The van der Waals surface area contributed by atoms with Crippen molar-refractivity contribution in [3.63, 3.8) is 0 Å². The number of nitrogens with zero attached hydrogens (tertiary/aromatic N) is 4. The first kappa shape index (κ1) is 8.38. The highest BCUT2D eigenvalue weighted by Gasteiger charge is 2.28. The number of hydrogen-bond donors (Lipinski definition) is 0. The van der Waals surface area contributed by atoms with Crippen molar-refractivity contribution in [2.24, 2.45) is 9.98 Å². The first-order valence-corrected chi connectivity index (χ1v) is 5.31. The molecule has 0 saturated carbocycles. The number of anilines is 1. The largest absolute Gasteiger partial charge is 0.302 e. The third kappa shape index (κ3) is 1.12. The van der Waals surface area contributed by atoms with Gasteiger partial charge in [-0.2, -0.15) is 5.26 Å². The van der Waals surface area contributed by atoms with Gasteiger partial charge in [0.25, 0.3) is 0 Å². The van der Waals surface area contributed by atoms with Gasteiger partial charge < -0.3 is 4.90 Å². The van der Waals surface area contributed by atoms with E-state index >= 15 is 0 Å². The number of thiophene rings is 1. The summed E-state index contributed by atoms with van der Waals surface area (Å²) < 4.78 is 0. The fourth-order valence-electron chi connectivity index (χ4n) is 1.67. The molecule has 1 atom stereocenters. The van der Waals surface area contributed by atoms with Crippen LogP contribution in [-0.4, -0.2) is 18.6 Å². The molecule has 0 saturated heterocycles. The van der Waals surface area contributed by atoms with Crippen molar-refractivity contribution in [3.05, 3.63) is 28.2 Å². The van der Waals surface area contributed by atoms with E-state index in [1.54, 1.807) is 23.8 Å². The van der Waals surface area contributed by atoms with E-state index in [0.717, 1.165) is 16.3 Å². The molecule has 0 aliphatic carbocycles. The summed E-state index contributed by atoms with van der Waals surface area (Å²) in [5.74, 6) is 0. The van der Waals surface area contributed by atoms with Crippen molar-refractivity contribution in [1.82, 2.24) is 0 Å². The fourth-order valence-corrected chi connectivity index (χ4v) is 2.42. The number of allylic oxidation sites excluding steroid dienone is 1. The molecule has 0 bridgehead atoms. The SMILES string of the molecule is N#CC1N=CC2=CN=Cc3sccc3N21. The van der Waals surface area contributed by atoms with E-state index in [1.807, 2.05) is 22.6 Å². The van der Waals surface area contributed by atoms with Gasteiger partial charge in [-0.1, -0.05) is 0 Å². The van der Waals surface area contributed by atoms with E-state index in [0.29, 0.717) is 0 Å². The molecule has 4 nitrogen and oxygen atoms in total. The predicted octanol–water partition coefficient (Wildman–Crippen LogP) is 1.76. The maximum Gasteiger partial charge on any atom is 0.213 e. The van der Waals surface area contributed by atoms with E-state index < -0.39 is 6.17 Å². The van der Waals surface area contributed by atoms with E-state index in [1.165, 1.54) is 0 Å². The van der Waals surface area contributed by atoms with Gasteiger partial charge in [0.15, 0.2) is 0 Å². The topological polar surface area (TPSA) is 51.8 Å². The minimum atomic E-state index is -0.453. The summed E-state index contributed by atoms with van der Waals surface area (Å²) in [5, 5.41) is 11.0. The number of fused-ring (bicyclic) bond motifs is 3. The zero-order valence-electron chi connectivity index (χ0n) is 7.66. The summed E-state index contributed by atoms with van der Waals surface area (Å²) in [6.45, 7) is 0. The summed E-state index contributed by atoms with van der Waals surface area (Å²) in [4.78, 5) is 11.3. The Hall–Kier alpha value is -1.93. The van der Waals surface area contributed by atoms with Gasteiger partial charge in [-0.15, -0.1) is 11.3 Å². The fraction of sp³-hybridized carbons (Fsp3) is 0.100. The Labute approximate surface area is 90.5 Å². The van der Waals surface area contributed by atoms with E-state index in [-0.39, 0.29) is 0 Å². The molecule has 1 aromatic rings. The lowest BCUT2D eigenvalue weighted by Gasteiger charge is -2.20. The van der Waals surface area contributed by atoms with Crippen molar-refractivity contribution >= 4 is 29.5 Å². The Morgan fingerprint density at radius 3 is 3.27 bits per heavy atom. The third-order valence-electron chi connectivity index (χ3n) is 2.32. The normalized spacial score (nSPS) is 21.7. The number of nitriles is 1. The van der Waals surface area contributed by atoms with Crippen molar-refractivity contribution in [2.45, 2.75) is 6.17 Å². The van der Waals surface area contributed by atoms with Crippen molar-refractivity contribution in [3.8, 4) is 6.07 Å². The average molecular weight is 214 g/mol. The van der Waals surface area contributed by atoms with Crippen LogP contribution in [0.4, 0.5) is 5.69 Å². The summed E-state index contributed by atoms with van der Waals surface area (Å²) in [6, 6.07) is 4.15. The smallest absolute Gasteiger partial charge is 0.213 e. The third-order valence-corrected chi connectivity index (χ3v) is 3.16. The summed E-state index contributed by atoms with van der Waals surface area (Å²) in [6.07, 6.45) is 4.78. The van der Waals surface area contributed by atoms with Crippen LogP contribution in [-0.2, 0) is 0 Å². The van der Waals surface area contributed by atoms with Gasteiger partial charge in [-0.25, -0.2) is 0 Å². The lowest BCUT2D eigenvalue weighted by Crippen LogP contribution is -2.27. The van der Waals surface area contributed by atoms with Crippen LogP contribution in [0.5, 0.6) is 0 Å². The molecule has 1 unspecified atom stereocenters. The van der Waals surface area contributed by atoms with Crippen LogP contribution >= 0.6 is 11.3 Å². The highest BCUT2D eigenvalue weighted by molar-refractivity contribution is 7.12. The predicted molar refractivity (Wildman–Crippen MR) is 60.4 cm³/mol. The first-order valence-electron chi connectivity index (χ1n) is 4.43. The van der Waals surface area contributed by atoms with Crippen molar-refractivity contribution in [2.75, 3.05) is 4.90 Å². The summed E-state index contributed by atoms with van der Waals surface area (Å²) in [7, 11) is 0. The lowest BCUT2D eigenvalue weighted by molar-refractivity contribution is 0.859. The Bertz CT molecular complexity index is 532. The molecule has 3 rings (SSSR count). The van der Waals surface area contributed by atoms with Crippen LogP contribution in [0.3, 0.4) is 0 Å². The van der Waals surface area contributed by atoms with Crippen molar-refractivity contribution < 1.29 is 0 Å². The quantitative estimate of drug-likeness (QED) is 0.660. The molecule has 0 amide bonds. The maximum atomic E-state index is 8.99. The van der Waals surface area contributed by atoms with Crippen molar-refractivity contribution in [1.29, 1.82) is 5.26 Å². The zero-order valence-corrected chi connectivity index (χ0v) is 8.48. The molecule has 5 heteroatoms. The van der Waals surface area contributed by atoms with Crippen LogP contribution < -0.4 is 4.90 Å². The molecular weight excluding hydrogens is 208 g/mol. The molecule has 2 aliphatic rings. The Morgan fingerprint density at radius 1 is 1.47 bits per heavy atom. The zero-order chi connectivity index (χ0) is 10.3. The summed E-state index contributed by atoms with van der Waals surface area (Å²) in [5.41, 5.74) is 1.88. The number of aliphatic imine (C=N–C) groups is 2. The molecule has 0 radical (unpaired) electrons. The molecular formula is C10H6N4S.